The Kier molecular flexibility index (Phi) is 6.72. The van der Waals surface area contributed by atoms with Gasteiger partial charge in [0, 0.05) is 13.0 Å². The molecule has 2 atom stereocenters. The average Bonchev–Trinajstić information content (AvgIpc) is 2.20. The molecular formula is C10H16N2O4. The smallest absolute Gasteiger partial charge is 0.328 e. The van der Waals surface area contributed by atoms with Gasteiger partial charge in [0.15, 0.2) is 6.04 Å². The molecule has 2 amide bonds. The minimum absolute atomic E-state index is 0.363. The molecule has 0 fully saturated rings. The van der Waals surface area contributed by atoms with E-state index in [9.17, 15) is 9.59 Å². The molecule has 0 bridgehead atoms. The number of terminal acetylenes is 1. The Morgan fingerprint density at radius 2 is 2.12 bits per heavy atom. The van der Waals surface area contributed by atoms with E-state index in [1.54, 1.807) is 0 Å². The van der Waals surface area contributed by atoms with Gasteiger partial charge in [-0.05, 0) is 13.3 Å². The Bertz CT molecular complexity index is 283. The molecule has 6 nitrogen and oxygen atoms in total. The van der Waals surface area contributed by atoms with Crippen molar-refractivity contribution in [3.8, 4) is 12.3 Å². The van der Waals surface area contributed by atoms with Crippen molar-refractivity contribution in [2.45, 2.75) is 31.9 Å². The second-order valence-corrected chi connectivity index (χ2v) is 3.26. The van der Waals surface area contributed by atoms with Crippen LogP contribution in [0.3, 0.4) is 0 Å². The molecule has 0 aromatic heterocycles. The van der Waals surface area contributed by atoms with Crippen molar-refractivity contribution in [2.24, 2.45) is 0 Å². The van der Waals surface area contributed by atoms with E-state index in [4.69, 9.17) is 16.6 Å². The number of aliphatic hydroxyl groups is 1. The van der Waals surface area contributed by atoms with E-state index in [-0.39, 0.29) is 0 Å². The van der Waals surface area contributed by atoms with Gasteiger partial charge >= 0.3 is 12.0 Å². The Morgan fingerprint density at radius 1 is 1.50 bits per heavy atom. The van der Waals surface area contributed by atoms with Crippen molar-refractivity contribution < 1.29 is 19.8 Å². The third-order valence-electron chi connectivity index (χ3n) is 1.82. The van der Waals surface area contributed by atoms with Gasteiger partial charge < -0.3 is 20.8 Å². The van der Waals surface area contributed by atoms with E-state index < -0.39 is 24.1 Å². The van der Waals surface area contributed by atoms with Crippen molar-refractivity contribution in [3.63, 3.8) is 0 Å². The zero-order chi connectivity index (χ0) is 12.6. The van der Waals surface area contributed by atoms with Crippen molar-refractivity contribution in [1.82, 2.24) is 10.6 Å². The summed E-state index contributed by atoms with van der Waals surface area (Å²) in [4.78, 5) is 21.8. The van der Waals surface area contributed by atoms with Gasteiger partial charge in [-0.2, -0.15) is 0 Å². The van der Waals surface area contributed by atoms with Crippen LogP contribution in [0, 0.1) is 12.3 Å². The van der Waals surface area contributed by atoms with Crippen LogP contribution in [0.4, 0.5) is 4.79 Å². The average molecular weight is 228 g/mol. The zero-order valence-electron chi connectivity index (χ0n) is 9.06. The van der Waals surface area contributed by atoms with Gasteiger partial charge in [0.2, 0.25) is 0 Å². The number of carbonyl (C=O) groups is 2. The molecule has 0 spiro atoms. The van der Waals surface area contributed by atoms with Crippen LogP contribution in [0.25, 0.3) is 0 Å². The Balaban J connectivity index is 3.93. The maximum absolute atomic E-state index is 11.2. The molecule has 0 aromatic rings. The first-order valence-electron chi connectivity index (χ1n) is 4.87. The van der Waals surface area contributed by atoms with Gasteiger partial charge in [-0.25, -0.2) is 9.59 Å². The minimum Gasteiger partial charge on any atom is -0.480 e. The van der Waals surface area contributed by atoms with Crippen LogP contribution >= 0.6 is 0 Å². The summed E-state index contributed by atoms with van der Waals surface area (Å²) in [5.74, 6) is 1.13. The fourth-order valence-corrected chi connectivity index (χ4v) is 0.973. The molecule has 0 aliphatic rings. The third-order valence-corrected chi connectivity index (χ3v) is 1.82. The fourth-order valence-electron chi connectivity index (χ4n) is 0.973. The number of unbranched alkanes of at least 4 members (excludes halogenated alkanes) is 1. The monoisotopic (exact) mass is 228 g/mol. The largest absolute Gasteiger partial charge is 0.480 e. The lowest BCUT2D eigenvalue weighted by Gasteiger charge is -2.17. The van der Waals surface area contributed by atoms with E-state index in [2.05, 4.69) is 16.6 Å². The highest BCUT2D eigenvalue weighted by Gasteiger charge is 2.24. The molecule has 0 rings (SSSR count). The predicted molar refractivity (Wildman–Crippen MR) is 57.7 cm³/mol. The molecule has 6 heteroatoms. The maximum atomic E-state index is 11.2. The second kappa shape index (κ2) is 7.54. The SMILES string of the molecule is C#CCCCNC(=O)N[C@H](C(=O)O)[C@@H](C)O. The summed E-state index contributed by atoms with van der Waals surface area (Å²) in [6.07, 6.45) is 5.02. The predicted octanol–water partition coefficient (Wildman–Crippen LogP) is -0.467. The molecule has 0 radical (unpaired) electrons. The molecule has 0 aliphatic carbocycles. The van der Waals surface area contributed by atoms with E-state index in [1.165, 1.54) is 6.92 Å². The number of amides is 2. The molecule has 0 unspecified atom stereocenters. The van der Waals surface area contributed by atoms with Crippen molar-refractivity contribution in [2.75, 3.05) is 6.54 Å². The minimum atomic E-state index is -1.31. The molecule has 90 valence electrons. The first-order valence-corrected chi connectivity index (χ1v) is 4.87. The quantitative estimate of drug-likeness (QED) is 0.365. The van der Waals surface area contributed by atoms with E-state index in [1.807, 2.05) is 0 Å². The number of hydrogen-bond acceptors (Lipinski definition) is 3. The van der Waals surface area contributed by atoms with Gasteiger partial charge in [-0.3, -0.25) is 0 Å². The lowest BCUT2D eigenvalue weighted by Crippen LogP contribution is -2.51. The van der Waals surface area contributed by atoms with Gasteiger partial charge in [0.25, 0.3) is 0 Å². The number of carboxylic acid groups (broad SMARTS) is 1. The van der Waals surface area contributed by atoms with Crippen LogP contribution in [0.15, 0.2) is 0 Å². The van der Waals surface area contributed by atoms with Crippen LogP contribution < -0.4 is 10.6 Å². The maximum Gasteiger partial charge on any atom is 0.328 e. The van der Waals surface area contributed by atoms with E-state index in [0.29, 0.717) is 19.4 Å². The highest BCUT2D eigenvalue weighted by molar-refractivity contribution is 5.82. The normalized spacial score (nSPS) is 13.3. The standard InChI is InChI=1S/C10H16N2O4/c1-3-4-5-6-11-10(16)12-8(7(2)13)9(14)15/h1,7-8,13H,4-6H2,2H3,(H,14,15)(H2,11,12,16)/t7-,8+/m1/s1. The van der Waals surface area contributed by atoms with Gasteiger partial charge in [0.1, 0.15) is 0 Å². The Labute approximate surface area is 94.0 Å². The third kappa shape index (κ3) is 5.88. The van der Waals surface area contributed by atoms with Crippen LogP contribution in [-0.4, -0.2) is 40.9 Å². The summed E-state index contributed by atoms with van der Waals surface area (Å²) in [6, 6.07) is -1.95. The molecule has 4 N–H and O–H groups in total. The van der Waals surface area contributed by atoms with Crippen LogP contribution in [0.5, 0.6) is 0 Å². The summed E-state index contributed by atoms with van der Waals surface area (Å²) in [6.45, 7) is 1.65. The number of hydrogen-bond donors (Lipinski definition) is 4. The van der Waals surface area contributed by atoms with Gasteiger partial charge in [-0.15, -0.1) is 12.3 Å². The van der Waals surface area contributed by atoms with Crippen LogP contribution in [0.1, 0.15) is 19.8 Å². The first kappa shape index (κ1) is 14.3. The fraction of sp³-hybridized carbons (Fsp3) is 0.600. The topological polar surface area (TPSA) is 98.7 Å². The number of rotatable bonds is 6. The van der Waals surface area contributed by atoms with E-state index >= 15 is 0 Å². The molecule has 0 aromatic carbocycles. The number of carbonyl (C=O) groups excluding carboxylic acids is 1. The number of aliphatic carboxylic acids is 1. The first-order chi connectivity index (χ1) is 7.49. The summed E-state index contributed by atoms with van der Waals surface area (Å²) in [5.41, 5.74) is 0. The molecule has 0 aliphatic heterocycles. The lowest BCUT2D eigenvalue weighted by molar-refractivity contribution is -0.141. The Hall–Kier alpha value is -1.74. The molecule has 0 saturated carbocycles. The summed E-state index contributed by atoms with van der Waals surface area (Å²) in [5, 5.41) is 22.3. The molecule has 16 heavy (non-hydrogen) atoms. The summed E-state index contributed by atoms with van der Waals surface area (Å²) >= 11 is 0. The second-order valence-electron chi connectivity index (χ2n) is 3.26. The number of urea groups is 1. The highest BCUT2D eigenvalue weighted by atomic mass is 16.4. The van der Waals surface area contributed by atoms with Crippen molar-refractivity contribution >= 4 is 12.0 Å². The van der Waals surface area contributed by atoms with Crippen molar-refractivity contribution in [3.05, 3.63) is 0 Å². The number of carboxylic acids is 1. The zero-order valence-corrected chi connectivity index (χ0v) is 9.06. The number of nitrogens with one attached hydrogen (secondary N) is 2. The van der Waals surface area contributed by atoms with Gasteiger partial charge in [-0.1, -0.05) is 0 Å². The van der Waals surface area contributed by atoms with E-state index in [0.717, 1.165) is 0 Å². The van der Waals surface area contributed by atoms with Crippen LogP contribution in [0.2, 0.25) is 0 Å². The van der Waals surface area contributed by atoms with Gasteiger partial charge in [0.05, 0.1) is 6.10 Å². The summed E-state index contributed by atoms with van der Waals surface area (Å²) < 4.78 is 0. The number of aliphatic hydroxyl groups excluding tert-OH is 1. The molecular weight excluding hydrogens is 212 g/mol. The highest BCUT2D eigenvalue weighted by Crippen LogP contribution is 1.92. The molecule has 0 heterocycles. The molecule has 0 saturated heterocycles. The van der Waals surface area contributed by atoms with Crippen LogP contribution in [-0.2, 0) is 4.79 Å². The lowest BCUT2D eigenvalue weighted by atomic mass is 10.2. The van der Waals surface area contributed by atoms with Crippen molar-refractivity contribution in [1.29, 1.82) is 0 Å². The summed E-state index contributed by atoms with van der Waals surface area (Å²) in [7, 11) is 0. The Morgan fingerprint density at radius 3 is 2.56 bits per heavy atom.